The van der Waals surface area contributed by atoms with Crippen molar-refractivity contribution in [2.75, 3.05) is 0 Å². The van der Waals surface area contributed by atoms with Crippen LogP contribution in [0, 0.1) is 17.2 Å². The topological polar surface area (TPSA) is 51.2 Å². The molecule has 1 aliphatic rings. The lowest BCUT2D eigenvalue weighted by atomic mass is 9.65. The van der Waals surface area contributed by atoms with Crippen molar-refractivity contribution in [3.8, 4) is 0 Å². The number of halogens is 1. The first-order valence-electron chi connectivity index (χ1n) is 7.66. The van der Waals surface area contributed by atoms with Crippen LogP contribution in [0.3, 0.4) is 0 Å². The van der Waals surface area contributed by atoms with Crippen molar-refractivity contribution in [1.29, 1.82) is 0 Å². The maximum absolute atomic E-state index is 13.3. The zero-order chi connectivity index (χ0) is 15.0. The molecule has 3 N–H and O–H groups in total. The molecule has 2 atom stereocenters. The van der Waals surface area contributed by atoms with E-state index in [4.69, 9.17) is 10.3 Å². The van der Waals surface area contributed by atoms with Gasteiger partial charge >= 0.3 is 0 Å². The first-order chi connectivity index (χ1) is 10.0. The van der Waals surface area contributed by atoms with Crippen molar-refractivity contribution >= 4 is 11.0 Å². The van der Waals surface area contributed by atoms with Gasteiger partial charge < -0.3 is 4.42 Å². The fraction of sp³-hybridized carbons (Fsp3) is 0.529. The number of fused-ring (bicyclic) bond motifs is 1. The van der Waals surface area contributed by atoms with Gasteiger partial charge in [-0.1, -0.05) is 26.7 Å². The van der Waals surface area contributed by atoms with Gasteiger partial charge in [-0.25, -0.2) is 9.82 Å². The third-order valence-corrected chi connectivity index (χ3v) is 4.98. The van der Waals surface area contributed by atoms with Gasteiger partial charge in [0.05, 0.1) is 6.04 Å². The van der Waals surface area contributed by atoms with Crippen LogP contribution in [-0.4, -0.2) is 0 Å². The summed E-state index contributed by atoms with van der Waals surface area (Å²) in [6.07, 6.45) is 4.82. The van der Waals surface area contributed by atoms with E-state index >= 15 is 0 Å². The second-order valence-electron chi connectivity index (χ2n) is 6.82. The van der Waals surface area contributed by atoms with Crippen molar-refractivity contribution in [2.24, 2.45) is 17.2 Å². The van der Waals surface area contributed by atoms with Gasteiger partial charge in [0.15, 0.2) is 0 Å². The fourth-order valence-electron chi connectivity index (χ4n) is 3.72. The molecule has 1 fully saturated rings. The minimum atomic E-state index is -0.245. The highest BCUT2D eigenvalue weighted by Crippen LogP contribution is 2.47. The van der Waals surface area contributed by atoms with E-state index in [1.54, 1.807) is 6.07 Å². The third-order valence-electron chi connectivity index (χ3n) is 4.98. The minimum Gasteiger partial charge on any atom is -0.459 e. The maximum atomic E-state index is 13.3. The number of benzene rings is 1. The molecule has 1 aromatic carbocycles. The van der Waals surface area contributed by atoms with Crippen LogP contribution in [0.4, 0.5) is 4.39 Å². The van der Waals surface area contributed by atoms with Crippen LogP contribution in [0.1, 0.15) is 51.3 Å². The molecule has 4 heteroatoms. The SMILES string of the molecule is CC1(C)CCCCC1C(NN)c1cc2cc(F)ccc2o1. The Labute approximate surface area is 124 Å². The molecule has 114 valence electrons. The molecule has 0 spiro atoms. The van der Waals surface area contributed by atoms with Gasteiger partial charge in [0.25, 0.3) is 0 Å². The summed E-state index contributed by atoms with van der Waals surface area (Å²) in [7, 11) is 0. The molecule has 3 rings (SSSR count). The Bertz CT molecular complexity index is 635. The first kappa shape index (κ1) is 14.5. The first-order valence-corrected chi connectivity index (χ1v) is 7.66. The van der Waals surface area contributed by atoms with Crippen molar-refractivity contribution in [1.82, 2.24) is 5.43 Å². The summed E-state index contributed by atoms with van der Waals surface area (Å²) in [6, 6.07) is 6.48. The molecule has 1 heterocycles. The summed E-state index contributed by atoms with van der Waals surface area (Å²) >= 11 is 0. The van der Waals surface area contributed by atoms with Gasteiger partial charge in [-0.15, -0.1) is 0 Å². The zero-order valence-corrected chi connectivity index (χ0v) is 12.7. The van der Waals surface area contributed by atoms with E-state index in [0.717, 1.165) is 17.6 Å². The number of hydrogen-bond acceptors (Lipinski definition) is 3. The second kappa shape index (κ2) is 5.43. The highest BCUT2D eigenvalue weighted by atomic mass is 19.1. The smallest absolute Gasteiger partial charge is 0.134 e. The minimum absolute atomic E-state index is 0.0317. The molecule has 0 saturated heterocycles. The highest BCUT2D eigenvalue weighted by Gasteiger charge is 2.39. The van der Waals surface area contributed by atoms with Gasteiger partial charge in [-0.3, -0.25) is 5.84 Å². The third kappa shape index (κ3) is 2.70. The van der Waals surface area contributed by atoms with Gasteiger partial charge in [-0.05, 0) is 48.4 Å². The Balaban J connectivity index is 1.97. The van der Waals surface area contributed by atoms with E-state index in [1.165, 1.54) is 31.4 Å². The molecule has 0 amide bonds. The Morgan fingerprint density at radius 2 is 2.14 bits per heavy atom. The summed E-state index contributed by atoms with van der Waals surface area (Å²) < 4.78 is 19.2. The average Bonchev–Trinajstić information content (AvgIpc) is 2.84. The van der Waals surface area contributed by atoms with E-state index in [1.807, 2.05) is 6.07 Å². The van der Waals surface area contributed by atoms with E-state index in [0.29, 0.717) is 11.5 Å². The molecule has 2 unspecified atom stereocenters. The van der Waals surface area contributed by atoms with Gasteiger partial charge in [0.2, 0.25) is 0 Å². The molecule has 21 heavy (non-hydrogen) atoms. The molecule has 1 saturated carbocycles. The predicted octanol–water partition coefficient (Wildman–Crippen LogP) is 4.29. The van der Waals surface area contributed by atoms with E-state index in [2.05, 4.69) is 19.3 Å². The number of nitrogens with two attached hydrogens (primary N) is 1. The molecular weight excluding hydrogens is 267 g/mol. The van der Waals surface area contributed by atoms with Crippen molar-refractivity contribution in [3.05, 3.63) is 35.8 Å². The van der Waals surface area contributed by atoms with Crippen molar-refractivity contribution < 1.29 is 8.81 Å². The number of hydrazine groups is 1. The molecule has 0 radical (unpaired) electrons. The van der Waals surface area contributed by atoms with Crippen LogP contribution < -0.4 is 11.3 Å². The van der Waals surface area contributed by atoms with Crippen LogP contribution in [0.25, 0.3) is 11.0 Å². The lowest BCUT2D eigenvalue weighted by Gasteiger charge is -2.42. The molecule has 1 aromatic heterocycles. The molecule has 3 nitrogen and oxygen atoms in total. The molecular formula is C17H23FN2O. The normalized spacial score (nSPS) is 23.3. The van der Waals surface area contributed by atoms with E-state index in [-0.39, 0.29) is 17.3 Å². The summed E-state index contributed by atoms with van der Waals surface area (Å²) in [5.74, 6) is 6.80. The number of nitrogens with one attached hydrogen (secondary N) is 1. The zero-order valence-electron chi connectivity index (χ0n) is 12.7. The summed E-state index contributed by atoms with van der Waals surface area (Å²) in [6.45, 7) is 4.59. The number of furan rings is 1. The summed E-state index contributed by atoms with van der Waals surface area (Å²) in [5, 5.41) is 0.791. The van der Waals surface area contributed by atoms with Crippen LogP contribution in [-0.2, 0) is 0 Å². The highest BCUT2D eigenvalue weighted by molar-refractivity contribution is 5.78. The van der Waals surface area contributed by atoms with Crippen molar-refractivity contribution in [3.63, 3.8) is 0 Å². The van der Waals surface area contributed by atoms with Gasteiger partial charge in [-0.2, -0.15) is 0 Å². The van der Waals surface area contributed by atoms with Crippen LogP contribution in [0.5, 0.6) is 0 Å². The van der Waals surface area contributed by atoms with Gasteiger partial charge in [0.1, 0.15) is 17.2 Å². The second-order valence-corrected chi connectivity index (χ2v) is 6.82. The average molecular weight is 290 g/mol. The lowest BCUT2D eigenvalue weighted by Crippen LogP contribution is -2.41. The van der Waals surface area contributed by atoms with Gasteiger partial charge in [0, 0.05) is 5.39 Å². The Kier molecular flexibility index (Phi) is 3.76. The Hall–Kier alpha value is -1.39. The quantitative estimate of drug-likeness (QED) is 0.655. The number of rotatable bonds is 3. The predicted molar refractivity (Wildman–Crippen MR) is 82.0 cm³/mol. The molecule has 0 bridgehead atoms. The lowest BCUT2D eigenvalue weighted by molar-refractivity contribution is 0.0901. The maximum Gasteiger partial charge on any atom is 0.134 e. The number of hydrogen-bond donors (Lipinski definition) is 2. The standard InChI is InChI=1S/C17H23FN2O/c1-17(2)8-4-3-5-13(17)16(20-19)15-10-11-9-12(18)6-7-14(11)21-15/h6-7,9-10,13,16,20H,3-5,8,19H2,1-2H3. The van der Waals surface area contributed by atoms with Crippen LogP contribution in [0.15, 0.2) is 28.7 Å². The molecule has 0 aliphatic heterocycles. The molecule has 1 aliphatic carbocycles. The largest absolute Gasteiger partial charge is 0.459 e. The summed E-state index contributed by atoms with van der Waals surface area (Å²) in [5.41, 5.74) is 3.86. The fourth-order valence-corrected chi connectivity index (χ4v) is 3.72. The van der Waals surface area contributed by atoms with Crippen LogP contribution in [0.2, 0.25) is 0 Å². The Morgan fingerprint density at radius 1 is 1.33 bits per heavy atom. The monoisotopic (exact) mass is 290 g/mol. The van der Waals surface area contributed by atoms with Crippen LogP contribution >= 0.6 is 0 Å². The molecule has 2 aromatic rings. The Morgan fingerprint density at radius 3 is 2.86 bits per heavy atom. The van der Waals surface area contributed by atoms with E-state index in [9.17, 15) is 4.39 Å². The summed E-state index contributed by atoms with van der Waals surface area (Å²) in [4.78, 5) is 0. The van der Waals surface area contributed by atoms with Crippen molar-refractivity contribution in [2.45, 2.75) is 45.6 Å². The van der Waals surface area contributed by atoms with E-state index < -0.39 is 0 Å².